The Morgan fingerprint density at radius 2 is 1.64 bits per heavy atom. The van der Waals surface area contributed by atoms with Gasteiger partial charge in [-0.1, -0.05) is 58.4 Å². The van der Waals surface area contributed by atoms with Crippen molar-refractivity contribution in [1.82, 2.24) is 4.57 Å². The Morgan fingerprint density at radius 3 is 2.36 bits per heavy atom. The molecule has 2 aromatic carbocycles. The monoisotopic (exact) mass is 351 g/mol. The minimum absolute atomic E-state index is 1.10. The maximum absolute atomic E-state index is 3.51. The van der Waals surface area contributed by atoms with Gasteiger partial charge in [-0.05, 0) is 55.3 Å². The highest BCUT2D eigenvalue weighted by molar-refractivity contribution is 9.10. The fourth-order valence-electron chi connectivity index (χ4n) is 2.73. The molecule has 0 bridgehead atoms. The number of rotatable bonds is 3. The second-order valence-electron chi connectivity index (χ2n) is 5.39. The van der Waals surface area contributed by atoms with Gasteiger partial charge in [-0.25, -0.2) is 0 Å². The average molecular weight is 352 g/mol. The van der Waals surface area contributed by atoms with Crippen molar-refractivity contribution >= 4 is 28.1 Å². The molecule has 22 heavy (non-hydrogen) atoms. The number of hydrogen-bond acceptors (Lipinski definition) is 0. The summed E-state index contributed by atoms with van der Waals surface area (Å²) < 4.78 is 3.39. The van der Waals surface area contributed by atoms with Crippen LogP contribution in [0.2, 0.25) is 0 Å². The lowest BCUT2D eigenvalue weighted by Gasteiger charge is -2.09. The Balaban J connectivity index is 1.96. The normalized spacial score (nSPS) is 11.2. The summed E-state index contributed by atoms with van der Waals surface area (Å²) >= 11 is 3.51. The molecule has 0 aliphatic carbocycles. The van der Waals surface area contributed by atoms with Gasteiger partial charge in [-0.2, -0.15) is 0 Å². The third-order valence-electron chi connectivity index (χ3n) is 3.79. The van der Waals surface area contributed by atoms with Crippen LogP contribution in [0.1, 0.15) is 22.5 Å². The lowest BCUT2D eigenvalue weighted by Crippen LogP contribution is -1.98. The molecule has 1 nitrogen and oxygen atoms in total. The first-order valence-electron chi connectivity index (χ1n) is 7.33. The number of aromatic nitrogens is 1. The maximum atomic E-state index is 3.51. The van der Waals surface area contributed by atoms with Crippen LogP contribution in [0.5, 0.6) is 0 Å². The van der Waals surface area contributed by atoms with Crippen molar-refractivity contribution in [3.05, 3.63) is 87.7 Å². The van der Waals surface area contributed by atoms with Crippen molar-refractivity contribution in [3.8, 4) is 5.69 Å². The molecular weight excluding hydrogens is 334 g/mol. The zero-order valence-electron chi connectivity index (χ0n) is 12.8. The molecule has 0 spiro atoms. The predicted molar refractivity (Wildman–Crippen MR) is 98.3 cm³/mol. The lowest BCUT2D eigenvalue weighted by atomic mass is 10.1. The van der Waals surface area contributed by atoms with Crippen molar-refractivity contribution in [2.24, 2.45) is 0 Å². The van der Waals surface area contributed by atoms with Crippen LogP contribution in [-0.2, 0) is 0 Å². The fourth-order valence-corrected chi connectivity index (χ4v) is 3.14. The van der Waals surface area contributed by atoms with E-state index in [0.29, 0.717) is 0 Å². The zero-order valence-corrected chi connectivity index (χ0v) is 14.3. The largest absolute Gasteiger partial charge is 0.318 e. The molecule has 0 atom stereocenters. The molecule has 0 saturated carbocycles. The number of para-hydroxylation sites is 1. The molecule has 0 aliphatic heterocycles. The van der Waals surface area contributed by atoms with E-state index in [0.717, 1.165) is 4.47 Å². The van der Waals surface area contributed by atoms with Crippen molar-refractivity contribution in [2.75, 3.05) is 0 Å². The Hall–Kier alpha value is -2.06. The summed E-state index contributed by atoms with van der Waals surface area (Å²) in [6.45, 7) is 4.32. The Labute approximate surface area is 140 Å². The summed E-state index contributed by atoms with van der Waals surface area (Å²) in [5.41, 5.74) is 6.16. The second-order valence-corrected chi connectivity index (χ2v) is 6.30. The van der Waals surface area contributed by atoms with E-state index < -0.39 is 0 Å². The predicted octanol–water partition coefficient (Wildman–Crippen LogP) is 6.03. The minimum atomic E-state index is 1.10. The number of hydrogen-bond donors (Lipinski definition) is 0. The summed E-state index contributed by atoms with van der Waals surface area (Å²) in [7, 11) is 0. The molecule has 0 aliphatic rings. The van der Waals surface area contributed by atoms with Crippen LogP contribution in [0.4, 0.5) is 0 Å². The number of nitrogens with zero attached hydrogens (tertiary/aromatic N) is 1. The molecule has 0 N–H and O–H groups in total. The van der Waals surface area contributed by atoms with Crippen molar-refractivity contribution < 1.29 is 0 Å². The standard InChI is InChI=1S/C20H18BrN/c1-15-13-18(12-11-17-7-6-8-19(21)14-17)16(2)22(15)20-9-4-3-5-10-20/h3-14H,1-2H3/b12-11+. The molecule has 3 aromatic rings. The van der Waals surface area contributed by atoms with Gasteiger partial charge < -0.3 is 4.57 Å². The van der Waals surface area contributed by atoms with Crippen molar-refractivity contribution in [1.29, 1.82) is 0 Å². The van der Waals surface area contributed by atoms with Gasteiger partial charge in [0.15, 0.2) is 0 Å². The Kier molecular flexibility index (Phi) is 4.30. The molecule has 0 fully saturated rings. The minimum Gasteiger partial charge on any atom is -0.318 e. The number of aryl methyl sites for hydroxylation is 1. The second kappa shape index (κ2) is 6.37. The molecular formula is C20H18BrN. The van der Waals surface area contributed by atoms with Gasteiger partial charge in [-0.3, -0.25) is 0 Å². The van der Waals surface area contributed by atoms with E-state index in [2.05, 4.69) is 95.0 Å². The van der Waals surface area contributed by atoms with Crippen LogP contribution >= 0.6 is 15.9 Å². The quantitative estimate of drug-likeness (QED) is 0.543. The summed E-state index contributed by atoms with van der Waals surface area (Å²) in [5, 5.41) is 0. The fraction of sp³-hybridized carbons (Fsp3) is 0.100. The van der Waals surface area contributed by atoms with E-state index in [1.807, 2.05) is 12.1 Å². The van der Waals surface area contributed by atoms with Crippen LogP contribution in [-0.4, -0.2) is 4.57 Å². The van der Waals surface area contributed by atoms with Crippen molar-refractivity contribution in [2.45, 2.75) is 13.8 Å². The SMILES string of the molecule is Cc1cc(/C=C/c2cccc(Br)c2)c(C)n1-c1ccccc1. The first-order valence-corrected chi connectivity index (χ1v) is 8.12. The Bertz CT molecular complexity index is 813. The highest BCUT2D eigenvalue weighted by Crippen LogP contribution is 2.23. The summed E-state index contributed by atoms with van der Waals surface area (Å²) in [4.78, 5) is 0. The summed E-state index contributed by atoms with van der Waals surface area (Å²) in [5.74, 6) is 0. The van der Waals surface area contributed by atoms with Gasteiger partial charge >= 0.3 is 0 Å². The number of halogens is 1. The maximum Gasteiger partial charge on any atom is 0.0455 e. The first-order chi connectivity index (χ1) is 10.6. The molecule has 1 heterocycles. The third kappa shape index (κ3) is 3.07. The topological polar surface area (TPSA) is 4.93 Å². The van der Waals surface area contributed by atoms with E-state index >= 15 is 0 Å². The summed E-state index contributed by atoms with van der Waals surface area (Å²) in [6.07, 6.45) is 4.34. The van der Waals surface area contributed by atoms with E-state index in [9.17, 15) is 0 Å². The molecule has 0 saturated heterocycles. The highest BCUT2D eigenvalue weighted by atomic mass is 79.9. The highest BCUT2D eigenvalue weighted by Gasteiger charge is 2.08. The third-order valence-corrected chi connectivity index (χ3v) is 4.28. The molecule has 0 amide bonds. The van der Waals surface area contributed by atoms with Crippen LogP contribution in [0.25, 0.3) is 17.8 Å². The van der Waals surface area contributed by atoms with E-state index in [-0.39, 0.29) is 0 Å². The molecule has 110 valence electrons. The van der Waals surface area contributed by atoms with Crippen LogP contribution in [0, 0.1) is 13.8 Å². The van der Waals surface area contributed by atoms with Gasteiger partial charge in [0.25, 0.3) is 0 Å². The van der Waals surface area contributed by atoms with Crippen LogP contribution < -0.4 is 0 Å². The van der Waals surface area contributed by atoms with Gasteiger partial charge in [0, 0.05) is 21.5 Å². The Morgan fingerprint density at radius 1 is 0.864 bits per heavy atom. The van der Waals surface area contributed by atoms with Crippen LogP contribution in [0.3, 0.4) is 0 Å². The van der Waals surface area contributed by atoms with Gasteiger partial charge in [0.2, 0.25) is 0 Å². The first kappa shape index (κ1) is 14.9. The number of benzene rings is 2. The van der Waals surface area contributed by atoms with E-state index in [4.69, 9.17) is 0 Å². The van der Waals surface area contributed by atoms with Crippen molar-refractivity contribution in [3.63, 3.8) is 0 Å². The smallest absolute Gasteiger partial charge is 0.0455 e. The zero-order chi connectivity index (χ0) is 15.5. The van der Waals surface area contributed by atoms with E-state index in [1.165, 1.54) is 28.2 Å². The molecule has 1 aromatic heterocycles. The van der Waals surface area contributed by atoms with Crippen LogP contribution in [0.15, 0.2) is 65.1 Å². The lowest BCUT2D eigenvalue weighted by molar-refractivity contribution is 0.965. The molecule has 0 radical (unpaired) electrons. The van der Waals surface area contributed by atoms with E-state index in [1.54, 1.807) is 0 Å². The molecule has 3 rings (SSSR count). The van der Waals surface area contributed by atoms with Gasteiger partial charge in [0.1, 0.15) is 0 Å². The van der Waals surface area contributed by atoms with Gasteiger partial charge in [0.05, 0.1) is 0 Å². The summed E-state index contributed by atoms with van der Waals surface area (Å²) in [6, 6.07) is 21.0. The molecule has 0 unspecified atom stereocenters. The average Bonchev–Trinajstić information content (AvgIpc) is 2.80. The van der Waals surface area contributed by atoms with Gasteiger partial charge in [-0.15, -0.1) is 0 Å². The molecule has 2 heteroatoms.